The molecular weight excluding hydrogens is 392 g/mol. The van der Waals surface area contributed by atoms with Gasteiger partial charge in [-0.2, -0.15) is 0 Å². The molecule has 1 heterocycles. The largest absolute Gasteiger partial charge is 0.493 e. The van der Waals surface area contributed by atoms with Crippen molar-refractivity contribution in [1.29, 1.82) is 0 Å². The Kier molecular flexibility index (Phi) is 8.55. The third kappa shape index (κ3) is 6.60. The number of rotatable bonds is 9. The molecule has 1 aliphatic rings. The summed E-state index contributed by atoms with van der Waals surface area (Å²) in [6.07, 6.45) is 0.492. The highest BCUT2D eigenvalue weighted by atomic mass is 16.5. The number of aliphatic hydroxyl groups excluding tert-OH is 1. The Hall–Kier alpha value is -2.77. The first-order chi connectivity index (χ1) is 15.1. The van der Waals surface area contributed by atoms with Gasteiger partial charge < -0.3 is 25.2 Å². The first-order valence-electron chi connectivity index (χ1n) is 11.0. The van der Waals surface area contributed by atoms with Gasteiger partial charge in [-0.05, 0) is 43.5 Å². The predicted molar refractivity (Wildman–Crippen MR) is 125 cm³/mol. The molecule has 0 saturated carbocycles. The van der Waals surface area contributed by atoms with Gasteiger partial charge in [-0.25, -0.2) is 0 Å². The number of ether oxygens (including phenoxy) is 2. The summed E-state index contributed by atoms with van der Waals surface area (Å²) in [5.74, 6) is 1.99. The zero-order valence-corrected chi connectivity index (χ0v) is 18.7. The molecule has 0 spiro atoms. The fourth-order valence-electron chi connectivity index (χ4n) is 3.73. The van der Waals surface area contributed by atoms with E-state index in [-0.39, 0.29) is 0 Å². The maximum absolute atomic E-state index is 10.6. The first kappa shape index (κ1) is 22.9. The molecule has 3 N–H and O–H groups in total. The summed E-state index contributed by atoms with van der Waals surface area (Å²) in [5, 5.41) is 17.1. The maximum atomic E-state index is 10.6. The van der Waals surface area contributed by atoms with Gasteiger partial charge in [-0.15, -0.1) is 0 Å². The zero-order valence-electron chi connectivity index (χ0n) is 18.7. The summed E-state index contributed by atoms with van der Waals surface area (Å²) in [7, 11) is 1.62. The van der Waals surface area contributed by atoms with Crippen molar-refractivity contribution in [2.75, 3.05) is 45.2 Å². The van der Waals surface area contributed by atoms with Gasteiger partial charge in [0.05, 0.1) is 26.4 Å². The van der Waals surface area contributed by atoms with E-state index in [4.69, 9.17) is 9.47 Å². The lowest BCUT2D eigenvalue weighted by Gasteiger charge is -2.30. The average molecular weight is 427 g/mol. The first-order valence-corrected chi connectivity index (χ1v) is 11.0. The summed E-state index contributed by atoms with van der Waals surface area (Å²) in [5.41, 5.74) is 3.60. The van der Waals surface area contributed by atoms with E-state index in [1.165, 1.54) is 11.1 Å². The number of fused-ring (bicyclic) bond motifs is 1. The molecule has 31 heavy (non-hydrogen) atoms. The summed E-state index contributed by atoms with van der Waals surface area (Å²) in [4.78, 5) is 6.87. The third-order valence-corrected chi connectivity index (χ3v) is 5.21. The second-order valence-corrected chi connectivity index (χ2v) is 7.55. The molecule has 0 amide bonds. The molecule has 3 rings (SSSR count). The summed E-state index contributed by atoms with van der Waals surface area (Å²) >= 11 is 0. The minimum Gasteiger partial charge on any atom is -0.493 e. The van der Waals surface area contributed by atoms with Gasteiger partial charge in [-0.1, -0.05) is 24.3 Å². The van der Waals surface area contributed by atoms with Crippen molar-refractivity contribution in [3.05, 3.63) is 53.6 Å². The molecule has 0 bridgehead atoms. The Morgan fingerprint density at radius 1 is 1.16 bits per heavy atom. The number of hydrogen-bond acceptors (Lipinski definition) is 5. The van der Waals surface area contributed by atoms with Crippen molar-refractivity contribution in [2.45, 2.75) is 32.9 Å². The Morgan fingerprint density at radius 3 is 2.71 bits per heavy atom. The van der Waals surface area contributed by atoms with Gasteiger partial charge in [0.15, 0.2) is 17.5 Å². The van der Waals surface area contributed by atoms with Crippen LogP contribution in [0.4, 0.5) is 5.69 Å². The number of benzene rings is 2. The van der Waals surface area contributed by atoms with Gasteiger partial charge in [0.25, 0.3) is 0 Å². The van der Waals surface area contributed by atoms with E-state index in [0.29, 0.717) is 37.2 Å². The van der Waals surface area contributed by atoms with E-state index >= 15 is 0 Å². The van der Waals surface area contributed by atoms with E-state index in [2.05, 4.69) is 44.8 Å². The van der Waals surface area contributed by atoms with Crippen LogP contribution in [0, 0.1) is 0 Å². The Morgan fingerprint density at radius 2 is 1.97 bits per heavy atom. The van der Waals surface area contributed by atoms with Crippen LogP contribution < -0.4 is 20.1 Å². The van der Waals surface area contributed by atoms with Crippen molar-refractivity contribution in [3.63, 3.8) is 0 Å². The van der Waals surface area contributed by atoms with E-state index in [0.717, 1.165) is 31.7 Å². The lowest BCUT2D eigenvalue weighted by Crippen LogP contribution is -2.38. The van der Waals surface area contributed by atoms with Crippen LogP contribution in [-0.2, 0) is 13.0 Å². The second kappa shape index (κ2) is 11.6. The molecule has 7 nitrogen and oxygen atoms in total. The number of guanidine groups is 1. The molecule has 1 atom stereocenters. The average Bonchev–Trinajstić information content (AvgIpc) is 2.78. The molecule has 7 heteroatoms. The number of β-amino-alcohol motifs (C(OH)–C–C–N with tert-alkyl or cyclic N) is 1. The topological polar surface area (TPSA) is 78.4 Å². The fourth-order valence-corrected chi connectivity index (χ4v) is 3.73. The molecule has 2 aromatic carbocycles. The quantitative estimate of drug-likeness (QED) is 0.423. The second-order valence-electron chi connectivity index (χ2n) is 7.55. The van der Waals surface area contributed by atoms with Gasteiger partial charge in [0.2, 0.25) is 0 Å². The van der Waals surface area contributed by atoms with Crippen molar-refractivity contribution in [1.82, 2.24) is 10.2 Å². The van der Waals surface area contributed by atoms with E-state index in [1.807, 2.05) is 32.0 Å². The van der Waals surface area contributed by atoms with Crippen LogP contribution in [0.15, 0.2) is 47.5 Å². The Balaban J connectivity index is 1.58. The van der Waals surface area contributed by atoms with E-state index in [9.17, 15) is 5.11 Å². The molecule has 0 saturated heterocycles. The van der Waals surface area contributed by atoms with Crippen LogP contribution in [0.5, 0.6) is 11.5 Å². The van der Waals surface area contributed by atoms with Crippen molar-refractivity contribution >= 4 is 11.6 Å². The molecule has 168 valence electrons. The normalized spacial score (nSPS) is 15.2. The molecule has 0 radical (unpaired) electrons. The van der Waals surface area contributed by atoms with E-state index < -0.39 is 6.10 Å². The monoisotopic (exact) mass is 426 g/mol. The van der Waals surface area contributed by atoms with Crippen LogP contribution in [0.2, 0.25) is 0 Å². The standard InChI is InChI=1S/C24H34N4O3/c1-4-25-24(27-20-10-11-22(30-3)23(14-20)31-5-2)26-15-21(29)17-28-13-12-18-8-6-7-9-19(18)16-28/h6-11,14,21,29H,4-5,12-13,15-17H2,1-3H3,(H2,25,26,27). The zero-order chi connectivity index (χ0) is 22.1. The highest BCUT2D eigenvalue weighted by Crippen LogP contribution is 2.30. The van der Waals surface area contributed by atoms with Gasteiger partial charge >= 0.3 is 0 Å². The molecule has 0 fully saturated rings. The number of nitrogens with one attached hydrogen (secondary N) is 2. The summed E-state index contributed by atoms with van der Waals surface area (Å²) in [6.45, 7) is 7.99. The van der Waals surface area contributed by atoms with Crippen LogP contribution in [0.3, 0.4) is 0 Å². The van der Waals surface area contributed by atoms with Crippen molar-refractivity contribution in [2.24, 2.45) is 4.99 Å². The molecule has 0 aliphatic carbocycles. The van der Waals surface area contributed by atoms with E-state index in [1.54, 1.807) is 7.11 Å². The fraction of sp³-hybridized carbons (Fsp3) is 0.458. The Labute approximate surface area is 185 Å². The number of hydrogen-bond donors (Lipinski definition) is 3. The maximum Gasteiger partial charge on any atom is 0.195 e. The SMILES string of the molecule is CCNC(=NCC(O)CN1CCc2ccccc2C1)Nc1ccc(OC)c(OCC)c1. The lowest BCUT2D eigenvalue weighted by atomic mass is 10.00. The minimum atomic E-state index is -0.532. The number of aliphatic hydroxyl groups is 1. The van der Waals surface area contributed by atoms with Crippen LogP contribution in [-0.4, -0.2) is 62.0 Å². The number of methoxy groups -OCH3 is 1. The molecule has 2 aromatic rings. The molecule has 1 aliphatic heterocycles. The van der Waals surface area contributed by atoms with Gasteiger partial charge in [0, 0.05) is 37.9 Å². The Bertz CT molecular complexity index is 872. The number of aliphatic imine (C=N–C) groups is 1. The smallest absolute Gasteiger partial charge is 0.195 e. The van der Waals surface area contributed by atoms with Crippen molar-refractivity contribution < 1.29 is 14.6 Å². The summed E-state index contributed by atoms with van der Waals surface area (Å²) < 4.78 is 11.0. The number of nitrogens with zero attached hydrogens (tertiary/aromatic N) is 2. The highest BCUT2D eigenvalue weighted by Gasteiger charge is 2.18. The third-order valence-electron chi connectivity index (χ3n) is 5.21. The van der Waals surface area contributed by atoms with Gasteiger partial charge in [-0.3, -0.25) is 9.89 Å². The van der Waals surface area contributed by atoms with Crippen molar-refractivity contribution in [3.8, 4) is 11.5 Å². The van der Waals surface area contributed by atoms with Crippen LogP contribution >= 0.6 is 0 Å². The van der Waals surface area contributed by atoms with Crippen LogP contribution in [0.1, 0.15) is 25.0 Å². The van der Waals surface area contributed by atoms with Crippen LogP contribution in [0.25, 0.3) is 0 Å². The number of anilines is 1. The van der Waals surface area contributed by atoms with Gasteiger partial charge in [0.1, 0.15) is 0 Å². The molecule has 1 unspecified atom stereocenters. The lowest BCUT2D eigenvalue weighted by molar-refractivity contribution is 0.112. The predicted octanol–water partition coefficient (Wildman–Crippen LogP) is 2.89. The molecule has 0 aromatic heterocycles. The molecular formula is C24H34N4O3. The summed E-state index contributed by atoms with van der Waals surface area (Å²) in [6, 6.07) is 14.2. The highest BCUT2D eigenvalue weighted by molar-refractivity contribution is 5.93. The minimum absolute atomic E-state index is 0.321.